The Morgan fingerprint density at radius 3 is 2.17 bits per heavy atom. The van der Waals surface area contributed by atoms with Crippen LogP contribution in [0.25, 0.3) is 11.1 Å². The van der Waals surface area contributed by atoms with Crippen LogP contribution in [-0.2, 0) is 19.1 Å². The number of carboxylic acid groups (broad SMARTS) is 1. The summed E-state index contributed by atoms with van der Waals surface area (Å²) in [7, 11) is 0. The van der Waals surface area contributed by atoms with Crippen molar-refractivity contribution in [2.45, 2.75) is 44.8 Å². The lowest BCUT2D eigenvalue weighted by Crippen LogP contribution is -2.66. The van der Waals surface area contributed by atoms with E-state index in [-0.39, 0.29) is 37.4 Å². The molecular weight excluding hydrogens is 448 g/mol. The predicted molar refractivity (Wildman–Crippen MR) is 130 cm³/mol. The molecule has 35 heavy (non-hydrogen) atoms. The second kappa shape index (κ2) is 10.1. The molecule has 2 amide bonds. The maximum absolute atomic E-state index is 13.1. The van der Waals surface area contributed by atoms with Gasteiger partial charge in [0.2, 0.25) is 5.91 Å². The van der Waals surface area contributed by atoms with E-state index in [0.29, 0.717) is 6.42 Å². The normalized spacial score (nSPS) is 16.7. The number of carbonyl (C=O) groups is 3. The summed E-state index contributed by atoms with van der Waals surface area (Å²) in [5, 5.41) is 11.6. The van der Waals surface area contributed by atoms with Crippen LogP contribution in [0.4, 0.5) is 4.79 Å². The second-order valence-electron chi connectivity index (χ2n) is 9.98. The smallest absolute Gasteiger partial charge is 0.407 e. The van der Waals surface area contributed by atoms with Crippen molar-refractivity contribution in [2.24, 2.45) is 5.92 Å². The first-order chi connectivity index (χ1) is 16.7. The summed E-state index contributed by atoms with van der Waals surface area (Å²) in [5.74, 6) is -1.15. The zero-order valence-corrected chi connectivity index (χ0v) is 20.3. The van der Waals surface area contributed by atoms with Gasteiger partial charge >= 0.3 is 12.1 Å². The van der Waals surface area contributed by atoms with E-state index in [9.17, 15) is 14.4 Å². The van der Waals surface area contributed by atoms with Crippen molar-refractivity contribution in [1.29, 1.82) is 0 Å². The summed E-state index contributed by atoms with van der Waals surface area (Å²) in [5.41, 5.74) is 3.85. The van der Waals surface area contributed by atoms with Crippen LogP contribution in [0.3, 0.4) is 0 Å². The molecule has 2 aromatic rings. The van der Waals surface area contributed by atoms with Crippen molar-refractivity contribution in [3.8, 4) is 11.1 Å². The lowest BCUT2D eigenvalue weighted by Gasteiger charge is -2.48. The summed E-state index contributed by atoms with van der Waals surface area (Å²) in [4.78, 5) is 38.2. The lowest BCUT2D eigenvalue weighted by atomic mass is 9.93. The average Bonchev–Trinajstić information content (AvgIpc) is 3.12. The van der Waals surface area contributed by atoms with Gasteiger partial charge in [0.25, 0.3) is 0 Å². The zero-order chi connectivity index (χ0) is 25.2. The van der Waals surface area contributed by atoms with Gasteiger partial charge in [0.1, 0.15) is 24.9 Å². The van der Waals surface area contributed by atoms with Gasteiger partial charge < -0.3 is 24.8 Å². The molecule has 1 unspecified atom stereocenters. The zero-order valence-electron chi connectivity index (χ0n) is 20.3. The highest BCUT2D eigenvalue weighted by molar-refractivity contribution is 5.86. The van der Waals surface area contributed by atoms with Gasteiger partial charge in [-0.3, -0.25) is 4.79 Å². The molecule has 1 fully saturated rings. The summed E-state index contributed by atoms with van der Waals surface area (Å²) in [6, 6.07) is 15.5. The molecule has 0 aromatic heterocycles. The minimum absolute atomic E-state index is 0.0603. The maximum atomic E-state index is 13.1. The summed E-state index contributed by atoms with van der Waals surface area (Å²) in [6.07, 6.45) is -0.164. The quantitative estimate of drug-likeness (QED) is 0.568. The van der Waals surface area contributed by atoms with E-state index in [1.54, 1.807) is 11.8 Å². The molecule has 8 nitrogen and oxygen atoms in total. The molecule has 4 rings (SSSR count). The number of likely N-dealkylation sites (tertiary alicyclic amines) is 1. The summed E-state index contributed by atoms with van der Waals surface area (Å²) in [6.45, 7) is 6.06. The molecule has 2 N–H and O–H groups in total. The van der Waals surface area contributed by atoms with Crippen molar-refractivity contribution in [1.82, 2.24) is 10.2 Å². The van der Waals surface area contributed by atoms with Gasteiger partial charge in [-0.25, -0.2) is 9.59 Å². The fourth-order valence-corrected chi connectivity index (χ4v) is 4.94. The van der Waals surface area contributed by atoms with Crippen LogP contribution in [0.2, 0.25) is 0 Å². The van der Waals surface area contributed by atoms with Crippen LogP contribution in [-0.4, -0.2) is 65.9 Å². The standard InChI is InChI=1S/C27H32N2O6/c1-17(2)12-23(25(32)29-15-27(3,16-29)35-14-24(30)31)28-26(33)34-13-22-20-10-6-4-8-18(20)19-9-5-7-11-21(19)22/h4-11,17,22-23H,12-16H2,1-3H3,(H,28,33)(H,30,31). The SMILES string of the molecule is CC(C)CC(NC(=O)OCC1c2ccccc2-c2ccccc21)C(=O)N1CC(C)(OCC(=O)O)C1. The molecule has 2 aromatic carbocycles. The van der Waals surface area contributed by atoms with E-state index >= 15 is 0 Å². The summed E-state index contributed by atoms with van der Waals surface area (Å²) >= 11 is 0. The predicted octanol–water partition coefficient (Wildman–Crippen LogP) is 3.64. The van der Waals surface area contributed by atoms with Crippen LogP contribution in [0.15, 0.2) is 48.5 Å². The Labute approximate surface area is 205 Å². The molecule has 1 heterocycles. The first-order valence-electron chi connectivity index (χ1n) is 11.9. The number of aliphatic carboxylic acids is 1. The second-order valence-corrected chi connectivity index (χ2v) is 9.98. The third-order valence-corrected chi connectivity index (χ3v) is 6.55. The van der Waals surface area contributed by atoms with Crippen molar-refractivity contribution in [3.05, 3.63) is 59.7 Å². The third-order valence-electron chi connectivity index (χ3n) is 6.55. The summed E-state index contributed by atoms with van der Waals surface area (Å²) < 4.78 is 11.0. The molecule has 1 aliphatic carbocycles. The van der Waals surface area contributed by atoms with Gasteiger partial charge in [-0.05, 0) is 41.5 Å². The van der Waals surface area contributed by atoms with E-state index in [1.165, 1.54) is 0 Å². The molecule has 8 heteroatoms. The molecule has 0 spiro atoms. The molecule has 1 aliphatic heterocycles. The molecule has 2 aliphatic rings. The van der Waals surface area contributed by atoms with E-state index in [2.05, 4.69) is 29.6 Å². The van der Waals surface area contributed by atoms with Gasteiger partial charge in [-0.1, -0.05) is 62.4 Å². The van der Waals surface area contributed by atoms with E-state index in [0.717, 1.165) is 22.3 Å². The van der Waals surface area contributed by atoms with Gasteiger partial charge in [0.05, 0.1) is 13.1 Å². The number of amides is 2. The lowest BCUT2D eigenvalue weighted by molar-refractivity contribution is -0.174. The van der Waals surface area contributed by atoms with Crippen LogP contribution in [0, 0.1) is 5.92 Å². The first kappa shape index (κ1) is 24.7. The number of hydrogen-bond donors (Lipinski definition) is 2. The third kappa shape index (κ3) is 5.48. The van der Waals surface area contributed by atoms with Crippen molar-refractivity contribution in [2.75, 3.05) is 26.3 Å². The van der Waals surface area contributed by atoms with Crippen molar-refractivity contribution >= 4 is 18.0 Å². The number of ether oxygens (including phenoxy) is 2. The Kier molecular flexibility index (Phi) is 7.12. The minimum atomic E-state index is -1.05. The van der Waals surface area contributed by atoms with E-state index in [1.807, 2.05) is 38.1 Å². The highest BCUT2D eigenvalue weighted by atomic mass is 16.5. The largest absolute Gasteiger partial charge is 0.480 e. The van der Waals surface area contributed by atoms with E-state index in [4.69, 9.17) is 14.6 Å². The number of nitrogens with zero attached hydrogens (tertiary/aromatic N) is 1. The van der Waals surface area contributed by atoms with Crippen LogP contribution < -0.4 is 5.32 Å². The monoisotopic (exact) mass is 480 g/mol. The molecule has 1 saturated heterocycles. The Morgan fingerprint density at radius 2 is 1.63 bits per heavy atom. The van der Waals surface area contributed by atoms with Crippen LogP contribution in [0.1, 0.15) is 44.2 Å². The molecule has 186 valence electrons. The number of hydrogen-bond acceptors (Lipinski definition) is 5. The fourth-order valence-electron chi connectivity index (χ4n) is 4.94. The Morgan fingerprint density at radius 1 is 1.06 bits per heavy atom. The fraction of sp³-hybridized carbons (Fsp3) is 0.444. The molecule has 1 atom stereocenters. The highest BCUT2D eigenvalue weighted by Gasteiger charge is 2.44. The molecule has 0 bridgehead atoms. The molecular formula is C27H32N2O6. The van der Waals surface area contributed by atoms with E-state index < -0.39 is 30.3 Å². The Hall–Kier alpha value is -3.39. The van der Waals surface area contributed by atoms with Gasteiger partial charge in [0.15, 0.2) is 0 Å². The number of rotatable bonds is 9. The number of fused-ring (bicyclic) bond motifs is 3. The van der Waals surface area contributed by atoms with Crippen LogP contribution >= 0.6 is 0 Å². The number of alkyl carbamates (subject to hydrolysis) is 1. The molecule has 0 radical (unpaired) electrons. The topological polar surface area (TPSA) is 105 Å². The first-order valence-corrected chi connectivity index (χ1v) is 11.9. The van der Waals surface area contributed by atoms with Crippen molar-refractivity contribution < 1.29 is 29.0 Å². The highest BCUT2D eigenvalue weighted by Crippen LogP contribution is 2.44. The van der Waals surface area contributed by atoms with Gasteiger partial charge in [-0.2, -0.15) is 0 Å². The Bertz CT molecular complexity index is 1060. The van der Waals surface area contributed by atoms with Gasteiger partial charge in [0, 0.05) is 5.92 Å². The number of carboxylic acids is 1. The number of benzene rings is 2. The minimum Gasteiger partial charge on any atom is -0.480 e. The average molecular weight is 481 g/mol. The van der Waals surface area contributed by atoms with Crippen molar-refractivity contribution in [3.63, 3.8) is 0 Å². The number of nitrogens with one attached hydrogen (secondary N) is 1. The van der Waals surface area contributed by atoms with Gasteiger partial charge in [-0.15, -0.1) is 0 Å². The maximum Gasteiger partial charge on any atom is 0.407 e. The van der Waals surface area contributed by atoms with Crippen LogP contribution in [0.5, 0.6) is 0 Å². The number of carbonyl (C=O) groups excluding carboxylic acids is 2. The Balaban J connectivity index is 1.37. The molecule has 0 saturated carbocycles.